The van der Waals surface area contributed by atoms with Gasteiger partial charge in [-0.15, -0.1) is 0 Å². The van der Waals surface area contributed by atoms with E-state index in [1.165, 1.54) is 7.11 Å². The highest BCUT2D eigenvalue weighted by molar-refractivity contribution is 5.90. The van der Waals surface area contributed by atoms with Crippen LogP contribution in [0.15, 0.2) is 182 Å². The Bertz CT molecular complexity index is 2110. The van der Waals surface area contributed by atoms with Crippen LogP contribution in [-0.2, 0) is 40.6 Å². The fourth-order valence-corrected chi connectivity index (χ4v) is 7.08. The van der Waals surface area contributed by atoms with Gasteiger partial charge < -0.3 is 33.7 Å². The molecule has 10 heteroatoms. The molecule has 1 heterocycles. The van der Waals surface area contributed by atoms with Crippen molar-refractivity contribution in [3.05, 3.63) is 215 Å². The highest BCUT2D eigenvalue weighted by atomic mass is 16.7. The highest BCUT2D eigenvalue weighted by Crippen LogP contribution is 2.41. The number of carbonyl (C=O) groups is 3. The van der Waals surface area contributed by atoms with E-state index in [1.54, 1.807) is 60.7 Å². The number of rotatable bonds is 14. The van der Waals surface area contributed by atoms with E-state index < -0.39 is 54.3 Å². The summed E-state index contributed by atoms with van der Waals surface area (Å²) in [5, 5.41) is 2.79. The Kier molecular flexibility index (Phi) is 13.0. The second-order valence-corrected chi connectivity index (χ2v) is 13.6. The molecule has 0 radical (unpaired) electrons. The number of alkyl carbamates (subject to hydrolysis) is 1. The van der Waals surface area contributed by atoms with Gasteiger partial charge in [0.05, 0.1) is 17.7 Å². The molecular weight excluding hydrogens is 735 g/mol. The molecule has 0 aromatic heterocycles. The van der Waals surface area contributed by atoms with E-state index in [1.807, 2.05) is 121 Å². The zero-order valence-corrected chi connectivity index (χ0v) is 31.8. The summed E-state index contributed by atoms with van der Waals surface area (Å²) in [6.07, 6.45) is -5.88. The molecule has 1 N–H and O–H groups in total. The first-order valence-corrected chi connectivity index (χ1v) is 18.9. The molecule has 0 unspecified atom stereocenters. The Hall–Kier alpha value is -6.59. The van der Waals surface area contributed by atoms with E-state index in [9.17, 15) is 14.4 Å². The largest absolute Gasteiger partial charge is 0.452 e. The molecule has 6 aromatic rings. The third-order valence-electron chi connectivity index (χ3n) is 9.89. The standard InChI is InChI=1S/C48H43NO9/c1-53-46-41(49-47(52)54-32-34-20-8-2-9-21-34)43(58-45(51)36-24-12-4-13-25-36)42(57-44(50)35-22-10-3-11-23-35)40(56-46)33-55-48(37-26-14-5-15-27-37,38-28-16-6-17-29-38)39-30-18-7-19-31-39/h2-31,40-43,46H,32-33H2,1H3,(H,49,52)/t40-,41-,42-,43-,46+/m1/s1. The summed E-state index contributed by atoms with van der Waals surface area (Å²) in [5.41, 5.74) is 2.56. The van der Waals surface area contributed by atoms with E-state index in [2.05, 4.69) is 5.32 Å². The summed E-state index contributed by atoms with van der Waals surface area (Å²) in [4.78, 5) is 41.4. The predicted octanol–water partition coefficient (Wildman–Crippen LogP) is 8.11. The van der Waals surface area contributed by atoms with Gasteiger partial charge in [0.2, 0.25) is 0 Å². The molecule has 0 bridgehead atoms. The minimum absolute atomic E-state index is 0.0319. The summed E-state index contributed by atoms with van der Waals surface area (Å²) in [6, 6.07) is 54.1. The van der Waals surface area contributed by atoms with Crippen LogP contribution in [0.25, 0.3) is 0 Å². The second kappa shape index (κ2) is 19.0. The smallest absolute Gasteiger partial charge is 0.407 e. The van der Waals surface area contributed by atoms with Crippen LogP contribution in [-0.4, -0.2) is 62.4 Å². The van der Waals surface area contributed by atoms with Gasteiger partial charge in [-0.05, 0) is 46.5 Å². The van der Waals surface area contributed by atoms with Gasteiger partial charge in [-0.25, -0.2) is 14.4 Å². The minimum atomic E-state index is -1.36. The van der Waals surface area contributed by atoms with Crippen LogP contribution in [0, 0.1) is 0 Å². The van der Waals surface area contributed by atoms with Crippen molar-refractivity contribution in [2.24, 2.45) is 0 Å². The van der Waals surface area contributed by atoms with Crippen molar-refractivity contribution < 1.29 is 42.8 Å². The number of amides is 1. The number of hydrogen-bond donors (Lipinski definition) is 1. The lowest BCUT2D eigenvalue weighted by atomic mass is 9.80. The Morgan fingerprint density at radius 3 is 1.43 bits per heavy atom. The van der Waals surface area contributed by atoms with Crippen LogP contribution in [0.3, 0.4) is 0 Å². The fourth-order valence-electron chi connectivity index (χ4n) is 7.08. The SMILES string of the molecule is CO[C@H]1O[C@H](COC(c2ccccc2)(c2ccccc2)c2ccccc2)[C@@H](OC(=O)c2ccccc2)[C@H](OC(=O)c2ccccc2)[C@H]1NC(=O)OCc1ccccc1. The van der Waals surface area contributed by atoms with E-state index in [-0.39, 0.29) is 24.3 Å². The Morgan fingerprint density at radius 2 is 0.983 bits per heavy atom. The average Bonchev–Trinajstić information content (AvgIpc) is 3.29. The Labute approximate surface area is 337 Å². The quantitative estimate of drug-likeness (QED) is 0.0665. The molecule has 1 aliphatic rings. The maximum atomic E-state index is 14.0. The van der Waals surface area contributed by atoms with Crippen LogP contribution in [0.1, 0.15) is 43.0 Å². The van der Waals surface area contributed by atoms with Crippen LogP contribution in [0.4, 0.5) is 4.79 Å². The zero-order valence-electron chi connectivity index (χ0n) is 31.8. The van der Waals surface area contributed by atoms with Crippen molar-refractivity contribution in [3.63, 3.8) is 0 Å². The number of hydrogen-bond acceptors (Lipinski definition) is 9. The van der Waals surface area contributed by atoms with Crippen molar-refractivity contribution in [2.45, 2.75) is 42.9 Å². The molecule has 1 saturated heterocycles. The molecule has 7 rings (SSSR count). The van der Waals surface area contributed by atoms with Gasteiger partial charge in [0.25, 0.3) is 0 Å². The second-order valence-electron chi connectivity index (χ2n) is 13.6. The maximum Gasteiger partial charge on any atom is 0.407 e. The van der Waals surface area contributed by atoms with Gasteiger partial charge in [-0.1, -0.05) is 158 Å². The van der Waals surface area contributed by atoms with E-state index >= 15 is 0 Å². The zero-order chi connectivity index (χ0) is 40.2. The van der Waals surface area contributed by atoms with Crippen molar-refractivity contribution in [3.8, 4) is 0 Å². The molecule has 6 aromatic carbocycles. The normalized spacial score (nSPS) is 19.0. The minimum Gasteiger partial charge on any atom is -0.452 e. The number of esters is 2. The number of methoxy groups -OCH3 is 1. The molecule has 0 saturated carbocycles. The molecule has 5 atom stereocenters. The van der Waals surface area contributed by atoms with Crippen LogP contribution in [0.5, 0.6) is 0 Å². The number of nitrogens with one attached hydrogen (secondary N) is 1. The first kappa shape index (κ1) is 39.6. The number of benzene rings is 6. The monoisotopic (exact) mass is 777 g/mol. The first-order valence-electron chi connectivity index (χ1n) is 18.9. The van der Waals surface area contributed by atoms with Crippen molar-refractivity contribution >= 4 is 18.0 Å². The first-order chi connectivity index (χ1) is 28.5. The van der Waals surface area contributed by atoms with Crippen LogP contribution in [0.2, 0.25) is 0 Å². The molecule has 294 valence electrons. The lowest BCUT2D eigenvalue weighted by Crippen LogP contribution is -2.67. The molecule has 1 amide bonds. The van der Waals surface area contributed by atoms with Crippen LogP contribution < -0.4 is 5.32 Å². The predicted molar refractivity (Wildman–Crippen MR) is 216 cm³/mol. The van der Waals surface area contributed by atoms with E-state index in [4.69, 9.17) is 28.4 Å². The molecule has 10 nitrogen and oxygen atoms in total. The summed E-state index contributed by atoms with van der Waals surface area (Å²) < 4.78 is 37.7. The van der Waals surface area contributed by atoms with Crippen molar-refractivity contribution in [1.82, 2.24) is 5.32 Å². The van der Waals surface area contributed by atoms with Gasteiger partial charge >= 0.3 is 18.0 Å². The topological polar surface area (TPSA) is 119 Å². The number of carbonyl (C=O) groups excluding carboxylic acids is 3. The Balaban J connectivity index is 1.29. The molecule has 0 aliphatic carbocycles. The van der Waals surface area contributed by atoms with E-state index in [0.717, 1.165) is 22.3 Å². The van der Waals surface area contributed by atoms with Crippen LogP contribution >= 0.6 is 0 Å². The average molecular weight is 778 g/mol. The van der Waals surface area contributed by atoms with Gasteiger partial charge in [-0.2, -0.15) is 0 Å². The molecule has 1 aliphatic heterocycles. The maximum absolute atomic E-state index is 14.0. The third kappa shape index (κ3) is 9.16. The van der Waals surface area contributed by atoms with Gasteiger partial charge in [-0.3, -0.25) is 0 Å². The van der Waals surface area contributed by atoms with Gasteiger partial charge in [0.15, 0.2) is 18.5 Å². The lowest BCUT2D eigenvalue weighted by molar-refractivity contribution is -0.267. The summed E-state index contributed by atoms with van der Waals surface area (Å²) in [6.45, 7) is -0.231. The van der Waals surface area contributed by atoms with Crippen molar-refractivity contribution in [1.29, 1.82) is 0 Å². The number of ether oxygens (including phenoxy) is 6. The van der Waals surface area contributed by atoms with Gasteiger partial charge in [0, 0.05) is 7.11 Å². The lowest BCUT2D eigenvalue weighted by Gasteiger charge is -2.46. The van der Waals surface area contributed by atoms with Gasteiger partial charge in [0.1, 0.15) is 24.4 Å². The van der Waals surface area contributed by atoms with E-state index in [0.29, 0.717) is 0 Å². The fraction of sp³-hybridized carbons (Fsp3) is 0.188. The Morgan fingerprint density at radius 1 is 0.569 bits per heavy atom. The molecule has 0 spiro atoms. The van der Waals surface area contributed by atoms with Crippen molar-refractivity contribution in [2.75, 3.05) is 13.7 Å². The molecule has 58 heavy (non-hydrogen) atoms. The third-order valence-corrected chi connectivity index (χ3v) is 9.89. The highest BCUT2D eigenvalue weighted by Gasteiger charge is 2.53. The summed E-state index contributed by atoms with van der Waals surface area (Å²) in [5.74, 6) is -1.43. The molecular formula is C48H43NO9. The molecule has 1 fully saturated rings. The summed E-state index contributed by atoms with van der Waals surface area (Å²) >= 11 is 0. The summed E-state index contributed by atoms with van der Waals surface area (Å²) in [7, 11) is 1.40.